The van der Waals surface area contributed by atoms with Gasteiger partial charge in [-0.1, -0.05) is 25.4 Å². The second kappa shape index (κ2) is 4.96. The molecular weight excluding hydrogens is 284 g/mol. The van der Waals surface area contributed by atoms with Crippen LogP contribution in [-0.2, 0) is 10.0 Å². The lowest BCUT2D eigenvalue weighted by atomic mass is 9.92. The highest BCUT2D eigenvalue weighted by molar-refractivity contribution is 7.89. The molecule has 1 aliphatic carbocycles. The summed E-state index contributed by atoms with van der Waals surface area (Å²) in [6.45, 7) is 4.31. The first-order chi connectivity index (χ1) is 8.70. The van der Waals surface area contributed by atoms with Crippen molar-refractivity contribution in [2.24, 2.45) is 5.41 Å². The molecule has 0 radical (unpaired) electrons. The van der Waals surface area contributed by atoms with Crippen LogP contribution < -0.4 is 10.5 Å². The molecule has 0 aliphatic heterocycles. The average molecular weight is 303 g/mol. The molecule has 6 heteroatoms. The van der Waals surface area contributed by atoms with Crippen molar-refractivity contribution in [1.82, 2.24) is 4.72 Å². The largest absolute Gasteiger partial charge is 0.398 e. The molecule has 0 saturated heterocycles. The molecule has 0 heterocycles. The SMILES string of the molecule is CC1(C)CCC(NS(=O)(=O)c2ccc(N)c(Cl)c2)C1. The highest BCUT2D eigenvalue weighted by Crippen LogP contribution is 2.37. The van der Waals surface area contributed by atoms with E-state index in [4.69, 9.17) is 17.3 Å². The summed E-state index contributed by atoms with van der Waals surface area (Å²) in [6.07, 6.45) is 2.76. The quantitative estimate of drug-likeness (QED) is 0.843. The zero-order chi connectivity index (χ0) is 14.3. The fraction of sp³-hybridized carbons (Fsp3) is 0.538. The van der Waals surface area contributed by atoms with Gasteiger partial charge in [0.05, 0.1) is 15.6 Å². The summed E-state index contributed by atoms with van der Waals surface area (Å²) in [5.74, 6) is 0. The Balaban J connectivity index is 2.17. The maximum absolute atomic E-state index is 12.3. The highest BCUT2D eigenvalue weighted by Gasteiger charge is 2.33. The monoisotopic (exact) mass is 302 g/mol. The maximum Gasteiger partial charge on any atom is 0.240 e. The number of hydrogen-bond donors (Lipinski definition) is 2. The number of rotatable bonds is 3. The lowest BCUT2D eigenvalue weighted by Crippen LogP contribution is -2.33. The molecule has 3 N–H and O–H groups in total. The van der Waals surface area contributed by atoms with Crippen LogP contribution in [0, 0.1) is 5.41 Å². The predicted octanol–water partition coefficient (Wildman–Crippen LogP) is 2.78. The van der Waals surface area contributed by atoms with Crippen molar-refractivity contribution in [2.45, 2.75) is 44.0 Å². The van der Waals surface area contributed by atoms with E-state index in [2.05, 4.69) is 18.6 Å². The molecule has 19 heavy (non-hydrogen) atoms. The normalized spacial score (nSPS) is 22.6. The first-order valence-electron chi connectivity index (χ1n) is 6.27. The van der Waals surface area contributed by atoms with Gasteiger partial charge < -0.3 is 5.73 Å². The van der Waals surface area contributed by atoms with E-state index in [1.54, 1.807) is 0 Å². The van der Waals surface area contributed by atoms with Crippen molar-refractivity contribution in [3.63, 3.8) is 0 Å². The van der Waals surface area contributed by atoms with Crippen molar-refractivity contribution >= 4 is 27.3 Å². The molecule has 1 aliphatic rings. The van der Waals surface area contributed by atoms with Crippen LogP contribution in [0.2, 0.25) is 5.02 Å². The van der Waals surface area contributed by atoms with E-state index < -0.39 is 10.0 Å². The topological polar surface area (TPSA) is 72.2 Å². The first kappa shape index (κ1) is 14.6. The van der Waals surface area contributed by atoms with Gasteiger partial charge in [0.15, 0.2) is 0 Å². The Bertz CT molecular complexity index is 584. The summed E-state index contributed by atoms with van der Waals surface area (Å²) in [7, 11) is -3.52. The third kappa shape index (κ3) is 3.41. The zero-order valence-electron chi connectivity index (χ0n) is 11.1. The third-order valence-electron chi connectivity index (χ3n) is 3.57. The molecule has 1 fully saturated rings. The number of halogens is 1. The van der Waals surface area contributed by atoms with E-state index in [0.717, 1.165) is 19.3 Å². The van der Waals surface area contributed by atoms with Crippen LogP contribution in [0.5, 0.6) is 0 Å². The minimum Gasteiger partial charge on any atom is -0.398 e. The van der Waals surface area contributed by atoms with Gasteiger partial charge in [0.1, 0.15) is 0 Å². The van der Waals surface area contributed by atoms with Crippen molar-refractivity contribution in [1.29, 1.82) is 0 Å². The third-order valence-corrected chi connectivity index (χ3v) is 5.42. The molecule has 1 atom stereocenters. The fourth-order valence-corrected chi connectivity index (χ4v) is 4.04. The molecular formula is C13H19ClN2O2S. The molecule has 1 unspecified atom stereocenters. The van der Waals surface area contributed by atoms with Crippen LogP contribution in [0.4, 0.5) is 5.69 Å². The smallest absolute Gasteiger partial charge is 0.240 e. The minimum absolute atomic E-state index is 0.00340. The number of hydrogen-bond acceptors (Lipinski definition) is 3. The van der Waals surface area contributed by atoms with E-state index in [-0.39, 0.29) is 21.4 Å². The number of sulfonamides is 1. The molecule has 0 aromatic heterocycles. The van der Waals surface area contributed by atoms with E-state index in [1.165, 1.54) is 18.2 Å². The van der Waals surface area contributed by atoms with Crippen molar-refractivity contribution in [3.8, 4) is 0 Å². The Hall–Kier alpha value is -0.780. The van der Waals surface area contributed by atoms with Crippen molar-refractivity contribution < 1.29 is 8.42 Å². The Morgan fingerprint density at radius 3 is 2.63 bits per heavy atom. The van der Waals surface area contributed by atoms with Gasteiger partial charge >= 0.3 is 0 Å². The lowest BCUT2D eigenvalue weighted by molar-refractivity contribution is 0.372. The first-order valence-corrected chi connectivity index (χ1v) is 8.13. The van der Waals surface area contributed by atoms with Gasteiger partial charge in [0.25, 0.3) is 0 Å². The second-order valence-corrected chi connectivity index (χ2v) is 8.03. The molecule has 1 aromatic rings. The maximum atomic E-state index is 12.3. The standard InChI is InChI=1S/C13H19ClN2O2S/c1-13(2)6-5-9(8-13)16-19(17,18)10-3-4-12(15)11(14)7-10/h3-4,7,9,16H,5-6,8,15H2,1-2H3. The molecule has 1 saturated carbocycles. The fourth-order valence-electron chi connectivity index (χ4n) is 2.50. The summed E-state index contributed by atoms with van der Waals surface area (Å²) in [4.78, 5) is 0.163. The van der Waals surface area contributed by atoms with Gasteiger partial charge in [-0.2, -0.15) is 0 Å². The summed E-state index contributed by atoms with van der Waals surface area (Å²) >= 11 is 5.86. The van der Waals surface area contributed by atoms with Crippen molar-refractivity contribution in [3.05, 3.63) is 23.2 Å². The molecule has 106 valence electrons. The number of nitrogens with one attached hydrogen (secondary N) is 1. The second-order valence-electron chi connectivity index (χ2n) is 5.91. The molecule has 0 amide bonds. The van der Waals surface area contributed by atoms with E-state index in [1.807, 2.05) is 0 Å². The molecule has 4 nitrogen and oxygen atoms in total. The van der Waals surface area contributed by atoms with Gasteiger partial charge in [-0.3, -0.25) is 0 Å². The van der Waals surface area contributed by atoms with Gasteiger partial charge in [0.2, 0.25) is 10.0 Å². The number of anilines is 1. The molecule has 2 rings (SSSR count). The number of nitrogens with two attached hydrogens (primary N) is 1. The Kier molecular flexibility index (Phi) is 3.82. The van der Waals surface area contributed by atoms with Gasteiger partial charge in [-0.15, -0.1) is 0 Å². The van der Waals surface area contributed by atoms with Crippen LogP contribution in [0.3, 0.4) is 0 Å². The lowest BCUT2D eigenvalue weighted by Gasteiger charge is -2.18. The van der Waals surface area contributed by atoms with Gasteiger partial charge in [-0.05, 0) is 42.9 Å². The zero-order valence-corrected chi connectivity index (χ0v) is 12.7. The molecule has 1 aromatic carbocycles. The van der Waals surface area contributed by atoms with E-state index in [0.29, 0.717) is 5.69 Å². The summed E-state index contributed by atoms with van der Waals surface area (Å²) < 4.78 is 27.3. The molecule has 0 spiro atoms. The Labute approximate surface area is 119 Å². The Morgan fingerprint density at radius 1 is 1.42 bits per heavy atom. The summed E-state index contributed by atoms with van der Waals surface area (Å²) in [5.41, 5.74) is 6.16. The van der Waals surface area contributed by atoms with Crippen LogP contribution in [0.25, 0.3) is 0 Å². The number of benzene rings is 1. The Morgan fingerprint density at radius 2 is 2.11 bits per heavy atom. The van der Waals surface area contributed by atoms with E-state index in [9.17, 15) is 8.42 Å². The van der Waals surface area contributed by atoms with E-state index >= 15 is 0 Å². The van der Waals surface area contributed by atoms with Gasteiger partial charge in [-0.25, -0.2) is 13.1 Å². The minimum atomic E-state index is -3.52. The van der Waals surface area contributed by atoms with Gasteiger partial charge in [0, 0.05) is 6.04 Å². The number of nitrogen functional groups attached to an aromatic ring is 1. The average Bonchev–Trinajstić information content (AvgIpc) is 2.61. The van der Waals surface area contributed by atoms with Crippen LogP contribution in [-0.4, -0.2) is 14.5 Å². The summed E-state index contributed by atoms with van der Waals surface area (Å²) in [5, 5.41) is 0.259. The van der Waals surface area contributed by atoms with Crippen molar-refractivity contribution in [2.75, 3.05) is 5.73 Å². The van der Waals surface area contributed by atoms with Crippen LogP contribution in [0.1, 0.15) is 33.1 Å². The summed E-state index contributed by atoms with van der Waals surface area (Å²) in [6, 6.07) is 4.37. The van der Waals surface area contributed by atoms with Crippen LogP contribution in [0.15, 0.2) is 23.1 Å². The van der Waals surface area contributed by atoms with Crippen LogP contribution >= 0.6 is 11.6 Å². The highest BCUT2D eigenvalue weighted by atomic mass is 35.5. The predicted molar refractivity (Wildman–Crippen MR) is 77.6 cm³/mol. The molecule has 0 bridgehead atoms.